The van der Waals surface area contributed by atoms with Crippen LogP contribution in [0.5, 0.6) is 0 Å². The zero-order chi connectivity index (χ0) is 8.67. The van der Waals surface area contributed by atoms with Gasteiger partial charge in [0.05, 0.1) is 0 Å². The molecule has 0 radical (unpaired) electrons. The molecule has 0 atom stereocenters. The molecule has 0 aliphatic rings. The van der Waals surface area contributed by atoms with E-state index in [4.69, 9.17) is 0 Å². The molecule has 0 saturated heterocycles. The molecule has 3 aromatic rings. The van der Waals surface area contributed by atoms with Crippen LogP contribution in [0.2, 0.25) is 0 Å². The highest BCUT2D eigenvalue weighted by molar-refractivity contribution is 7.25. The van der Waals surface area contributed by atoms with Crippen molar-refractivity contribution in [2.75, 3.05) is 0 Å². The van der Waals surface area contributed by atoms with Crippen LogP contribution in [0.25, 0.3) is 20.4 Å². The molecule has 0 saturated carbocycles. The van der Waals surface area contributed by atoms with Crippen molar-refractivity contribution in [1.29, 1.82) is 0 Å². The van der Waals surface area contributed by atoms with Crippen LogP contribution < -0.4 is 0 Å². The fraction of sp³-hybridized carbons (Fsp3) is 0. The number of hydrogen-bond donors (Lipinski definition) is 0. The Kier molecular flexibility index (Phi) is 1.28. The van der Waals surface area contributed by atoms with Gasteiger partial charge in [-0.1, -0.05) is 0 Å². The predicted octanol–water partition coefficient (Wildman–Crippen LogP) is 1.63. The van der Waals surface area contributed by atoms with Crippen LogP contribution in [-0.4, -0.2) is 20.2 Å². The van der Waals surface area contributed by atoms with Gasteiger partial charge in [0, 0.05) is 22.5 Å². The summed E-state index contributed by atoms with van der Waals surface area (Å²) in [5, 5.41) is 8.81. The molecule has 0 unspecified atom stereocenters. The minimum absolute atomic E-state index is 0.843. The highest BCUT2D eigenvalue weighted by Crippen LogP contribution is 2.28. The topological polar surface area (TPSA) is 51.6 Å². The summed E-state index contributed by atoms with van der Waals surface area (Å²) in [6.07, 6.45) is 5.03. The van der Waals surface area contributed by atoms with Gasteiger partial charge in [-0.15, -0.1) is 21.5 Å². The first-order valence-corrected chi connectivity index (χ1v) is 4.57. The van der Waals surface area contributed by atoms with Crippen LogP contribution in [0.15, 0.2) is 24.8 Å². The van der Waals surface area contributed by atoms with Crippen molar-refractivity contribution in [2.24, 2.45) is 0 Å². The van der Waals surface area contributed by atoms with Gasteiger partial charge in [0.2, 0.25) is 0 Å². The Balaban J connectivity index is 2.64. The van der Waals surface area contributed by atoms with Crippen molar-refractivity contribution in [1.82, 2.24) is 20.2 Å². The number of pyridine rings is 1. The largest absolute Gasteiger partial charge is 0.264 e. The van der Waals surface area contributed by atoms with Crippen molar-refractivity contribution in [3.63, 3.8) is 0 Å². The van der Waals surface area contributed by atoms with E-state index in [0.29, 0.717) is 0 Å². The fourth-order valence-corrected chi connectivity index (χ4v) is 2.21. The van der Waals surface area contributed by atoms with E-state index in [1.54, 1.807) is 23.7 Å². The second kappa shape index (κ2) is 2.43. The van der Waals surface area contributed by atoms with E-state index >= 15 is 0 Å². The molecule has 13 heavy (non-hydrogen) atoms. The second-order valence-electron chi connectivity index (χ2n) is 2.59. The number of rotatable bonds is 0. The maximum atomic E-state index is 4.14. The van der Waals surface area contributed by atoms with Crippen molar-refractivity contribution in [3.05, 3.63) is 24.8 Å². The lowest BCUT2D eigenvalue weighted by molar-refractivity contribution is 1.03. The van der Waals surface area contributed by atoms with Crippen LogP contribution in [0, 0.1) is 0 Å². The van der Waals surface area contributed by atoms with E-state index < -0.39 is 0 Å². The molecule has 0 aromatic carbocycles. The molecule has 3 heterocycles. The number of hydrogen-bond acceptors (Lipinski definition) is 5. The molecule has 0 amide bonds. The van der Waals surface area contributed by atoms with Crippen LogP contribution in [0.3, 0.4) is 0 Å². The monoisotopic (exact) mass is 188 g/mol. The smallest absolute Gasteiger partial charge is 0.146 e. The molecule has 0 fully saturated rings. The molecule has 0 bridgehead atoms. The maximum Gasteiger partial charge on any atom is 0.146 e. The van der Waals surface area contributed by atoms with Gasteiger partial charge in [0.25, 0.3) is 0 Å². The van der Waals surface area contributed by atoms with Crippen molar-refractivity contribution in [2.45, 2.75) is 0 Å². The Labute approximate surface area is 77.3 Å². The van der Waals surface area contributed by atoms with Gasteiger partial charge >= 0.3 is 0 Å². The highest BCUT2D eigenvalue weighted by Gasteiger charge is 2.05. The minimum atomic E-state index is 0.843. The van der Waals surface area contributed by atoms with E-state index in [1.807, 2.05) is 6.07 Å². The molecule has 3 rings (SSSR count). The van der Waals surface area contributed by atoms with Gasteiger partial charge in [-0.05, 0) is 6.07 Å². The van der Waals surface area contributed by atoms with Crippen molar-refractivity contribution in [3.8, 4) is 0 Å². The summed E-state index contributed by atoms with van der Waals surface area (Å²) in [6, 6.07) is 1.96. The molecule has 5 heteroatoms. The minimum Gasteiger partial charge on any atom is -0.264 e. The molecule has 0 aliphatic heterocycles. The van der Waals surface area contributed by atoms with E-state index in [-0.39, 0.29) is 0 Å². The fourth-order valence-electron chi connectivity index (χ4n) is 1.26. The predicted molar refractivity (Wildman–Crippen MR) is 50.5 cm³/mol. The second-order valence-corrected chi connectivity index (χ2v) is 3.62. The Morgan fingerprint density at radius 2 is 2.31 bits per heavy atom. The number of aromatic nitrogens is 4. The Bertz CT molecular complexity index is 524. The summed E-state index contributed by atoms with van der Waals surface area (Å²) in [5.41, 5.74) is 0.843. The molecule has 0 spiro atoms. The summed E-state index contributed by atoms with van der Waals surface area (Å²) < 4.78 is 1.15. The molecule has 0 aliphatic carbocycles. The zero-order valence-electron chi connectivity index (χ0n) is 6.51. The molecular formula is C8H4N4S. The van der Waals surface area contributed by atoms with Gasteiger partial charge in [0.15, 0.2) is 0 Å². The third kappa shape index (κ3) is 0.905. The van der Waals surface area contributed by atoms with Crippen LogP contribution in [0.4, 0.5) is 0 Å². The van der Waals surface area contributed by atoms with Crippen LogP contribution in [0.1, 0.15) is 0 Å². The summed E-state index contributed by atoms with van der Waals surface area (Å²) in [4.78, 5) is 9.10. The Morgan fingerprint density at radius 3 is 3.31 bits per heavy atom. The highest BCUT2D eigenvalue weighted by atomic mass is 32.1. The third-order valence-electron chi connectivity index (χ3n) is 1.83. The lowest BCUT2D eigenvalue weighted by atomic mass is 10.3. The lowest BCUT2D eigenvalue weighted by Crippen LogP contribution is -1.81. The Hall–Kier alpha value is -1.62. The van der Waals surface area contributed by atoms with Crippen LogP contribution >= 0.6 is 11.3 Å². The van der Waals surface area contributed by atoms with E-state index in [1.165, 1.54) is 6.33 Å². The van der Waals surface area contributed by atoms with Crippen LogP contribution in [-0.2, 0) is 0 Å². The summed E-state index contributed by atoms with van der Waals surface area (Å²) in [7, 11) is 0. The Morgan fingerprint density at radius 1 is 1.31 bits per heavy atom. The number of fused-ring (bicyclic) bond motifs is 3. The standard InChI is InChI=1S/C8H4N4S/c1-2-9-3-5-6(1)13-8-7(5)12-11-4-10-8/h1-4H. The molecular weight excluding hydrogens is 184 g/mol. The molecule has 62 valence electrons. The summed E-state index contributed by atoms with van der Waals surface area (Å²) >= 11 is 1.61. The number of thiophene rings is 1. The average Bonchev–Trinajstić information content (AvgIpc) is 2.56. The van der Waals surface area contributed by atoms with E-state index in [0.717, 1.165) is 20.4 Å². The average molecular weight is 188 g/mol. The van der Waals surface area contributed by atoms with Gasteiger partial charge < -0.3 is 0 Å². The van der Waals surface area contributed by atoms with Gasteiger partial charge in [-0.3, -0.25) is 4.98 Å². The first-order chi connectivity index (χ1) is 6.45. The first kappa shape index (κ1) is 6.85. The first-order valence-electron chi connectivity index (χ1n) is 3.75. The summed E-state index contributed by atoms with van der Waals surface area (Å²) in [6.45, 7) is 0. The zero-order valence-corrected chi connectivity index (χ0v) is 7.32. The van der Waals surface area contributed by atoms with Crippen molar-refractivity contribution >= 4 is 31.8 Å². The van der Waals surface area contributed by atoms with Gasteiger partial charge in [0.1, 0.15) is 16.7 Å². The quantitative estimate of drug-likeness (QED) is 0.538. The van der Waals surface area contributed by atoms with Gasteiger partial charge in [-0.2, -0.15) is 0 Å². The van der Waals surface area contributed by atoms with Gasteiger partial charge in [-0.25, -0.2) is 4.98 Å². The summed E-state index contributed by atoms with van der Waals surface area (Å²) in [5.74, 6) is 0. The third-order valence-corrected chi connectivity index (χ3v) is 2.90. The SMILES string of the molecule is c1cc2sc3ncnnc3c2cn1. The molecule has 0 N–H and O–H groups in total. The maximum absolute atomic E-state index is 4.14. The number of nitrogens with zero attached hydrogens (tertiary/aromatic N) is 4. The lowest BCUT2D eigenvalue weighted by Gasteiger charge is -1.85. The normalized spacial score (nSPS) is 11.1. The molecule has 4 nitrogen and oxygen atoms in total. The molecule has 3 aromatic heterocycles. The van der Waals surface area contributed by atoms with Crippen molar-refractivity contribution < 1.29 is 0 Å². The van der Waals surface area contributed by atoms with E-state index in [9.17, 15) is 0 Å². The van der Waals surface area contributed by atoms with E-state index in [2.05, 4.69) is 20.2 Å².